The highest BCUT2D eigenvalue weighted by Gasteiger charge is 2.28. The van der Waals surface area contributed by atoms with Gasteiger partial charge in [-0.15, -0.1) is 4.91 Å². The predicted molar refractivity (Wildman–Crippen MR) is 117 cm³/mol. The van der Waals surface area contributed by atoms with Crippen LogP contribution in [0.5, 0.6) is 0 Å². The Kier molecular flexibility index (Phi) is 4.29. The van der Waals surface area contributed by atoms with Crippen molar-refractivity contribution < 1.29 is 8.83 Å². The fourth-order valence-corrected chi connectivity index (χ4v) is 3.96. The van der Waals surface area contributed by atoms with E-state index in [-0.39, 0.29) is 0 Å². The lowest BCUT2D eigenvalue weighted by atomic mass is 9.95. The summed E-state index contributed by atoms with van der Waals surface area (Å²) in [4.78, 5) is 24.1. The van der Waals surface area contributed by atoms with Gasteiger partial charge in [-0.2, -0.15) is 0 Å². The van der Waals surface area contributed by atoms with Gasteiger partial charge in [0.15, 0.2) is 6.04 Å². The molecular formula is C25H17NO4. The Labute approximate surface area is 171 Å². The molecule has 0 N–H and O–H groups in total. The minimum Gasteiger partial charge on any atom is -0.457 e. The highest BCUT2D eigenvalue weighted by Crippen LogP contribution is 2.44. The molecule has 0 saturated heterocycles. The van der Waals surface area contributed by atoms with E-state index in [0.717, 1.165) is 22.1 Å². The van der Waals surface area contributed by atoms with Gasteiger partial charge < -0.3 is 8.83 Å². The first-order chi connectivity index (χ1) is 14.7. The minimum atomic E-state index is -0.833. The Morgan fingerprint density at radius 3 is 2.27 bits per heavy atom. The number of aryl methyl sites for hydroxylation is 1. The van der Waals surface area contributed by atoms with Crippen LogP contribution in [-0.4, -0.2) is 0 Å². The summed E-state index contributed by atoms with van der Waals surface area (Å²) in [6.07, 6.45) is 0. The van der Waals surface area contributed by atoms with E-state index in [9.17, 15) is 9.70 Å². The third kappa shape index (κ3) is 2.83. The van der Waals surface area contributed by atoms with Gasteiger partial charge in [0.2, 0.25) is 0 Å². The second-order valence-corrected chi connectivity index (χ2v) is 7.19. The molecular weight excluding hydrogens is 378 g/mol. The van der Waals surface area contributed by atoms with Crippen molar-refractivity contribution in [3.8, 4) is 11.1 Å². The first-order valence-electron chi connectivity index (χ1n) is 9.60. The van der Waals surface area contributed by atoms with Crippen molar-refractivity contribution in [2.75, 3.05) is 0 Å². The van der Waals surface area contributed by atoms with Gasteiger partial charge in [0.25, 0.3) is 0 Å². The standard InChI is InChI=1S/C25H17NO4/c1-15-14-20(27)30-24-18(15)12-13-19-22(24)21(16-8-4-2-5-9-16)25(29-19)23(26-28)17-10-6-3-7-11-17/h2-14,23H,1H3. The molecule has 1 atom stereocenters. The molecule has 0 radical (unpaired) electrons. The topological polar surface area (TPSA) is 72.8 Å². The fraction of sp³-hybridized carbons (Fsp3) is 0.0800. The van der Waals surface area contributed by atoms with E-state index < -0.39 is 11.7 Å². The summed E-state index contributed by atoms with van der Waals surface area (Å²) in [7, 11) is 0. The highest BCUT2D eigenvalue weighted by atomic mass is 16.4. The van der Waals surface area contributed by atoms with Gasteiger partial charge in [0, 0.05) is 17.0 Å². The molecule has 2 aromatic heterocycles. The molecule has 0 spiro atoms. The van der Waals surface area contributed by atoms with Crippen molar-refractivity contribution in [3.63, 3.8) is 0 Å². The number of hydrogen-bond donors (Lipinski definition) is 0. The van der Waals surface area contributed by atoms with Crippen molar-refractivity contribution in [3.05, 3.63) is 111 Å². The zero-order chi connectivity index (χ0) is 20.7. The Bertz CT molecular complexity index is 1430. The number of nitrogens with zero attached hydrogens (tertiary/aromatic N) is 1. The van der Waals surface area contributed by atoms with Crippen LogP contribution in [0.1, 0.15) is 22.9 Å². The van der Waals surface area contributed by atoms with Crippen molar-refractivity contribution in [2.24, 2.45) is 5.18 Å². The van der Waals surface area contributed by atoms with Crippen LogP contribution in [0, 0.1) is 11.8 Å². The number of fused-ring (bicyclic) bond motifs is 3. The van der Waals surface area contributed by atoms with Crippen LogP contribution < -0.4 is 5.63 Å². The molecule has 5 aromatic rings. The molecule has 5 heteroatoms. The van der Waals surface area contributed by atoms with Gasteiger partial charge in [-0.05, 0) is 35.7 Å². The number of furan rings is 1. The van der Waals surface area contributed by atoms with Crippen LogP contribution in [-0.2, 0) is 0 Å². The molecule has 30 heavy (non-hydrogen) atoms. The van der Waals surface area contributed by atoms with E-state index >= 15 is 0 Å². The third-order valence-electron chi connectivity index (χ3n) is 5.33. The molecule has 0 fully saturated rings. The van der Waals surface area contributed by atoms with Crippen molar-refractivity contribution in [2.45, 2.75) is 13.0 Å². The number of hydrogen-bond acceptors (Lipinski definition) is 5. The van der Waals surface area contributed by atoms with E-state index in [1.165, 1.54) is 6.07 Å². The smallest absolute Gasteiger partial charge is 0.336 e. The lowest BCUT2D eigenvalue weighted by Gasteiger charge is -2.10. The average molecular weight is 395 g/mol. The number of rotatable bonds is 4. The van der Waals surface area contributed by atoms with E-state index in [1.54, 1.807) is 0 Å². The summed E-state index contributed by atoms with van der Waals surface area (Å²) >= 11 is 0. The largest absolute Gasteiger partial charge is 0.457 e. The maximum Gasteiger partial charge on any atom is 0.336 e. The quantitative estimate of drug-likeness (QED) is 0.262. The Morgan fingerprint density at radius 1 is 0.867 bits per heavy atom. The van der Waals surface area contributed by atoms with Crippen LogP contribution in [0.4, 0.5) is 0 Å². The average Bonchev–Trinajstić information content (AvgIpc) is 3.15. The lowest BCUT2D eigenvalue weighted by molar-refractivity contribution is 0.526. The second kappa shape index (κ2) is 7.12. The molecule has 0 aliphatic carbocycles. The predicted octanol–water partition coefficient (Wildman–Crippen LogP) is 6.37. The lowest BCUT2D eigenvalue weighted by Crippen LogP contribution is -1.99. The first kappa shape index (κ1) is 18.1. The van der Waals surface area contributed by atoms with Gasteiger partial charge in [-0.3, -0.25) is 0 Å². The summed E-state index contributed by atoms with van der Waals surface area (Å²) in [5.74, 6) is 0.425. The molecule has 3 aromatic carbocycles. The zero-order valence-corrected chi connectivity index (χ0v) is 16.2. The van der Waals surface area contributed by atoms with Gasteiger partial charge in [-0.25, -0.2) is 4.79 Å². The molecule has 0 amide bonds. The maximum atomic E-state index is 12.1. The normalized spacial score (nSPS) is 12.3. The summed E-state index contributed by atoms with van der Waals surface area (Å²) in [5.41, 5.74) is 3.66. The van der Waals surface area contributed by atoms with Crippen molar-refractivity contribution in [1.29, 1.82) is 0 Å². The monoisotopic (exact) mass is 395 g/mol. The van der Waals surface area contributed by atoms with E-state index in [0.29, 0.717) is 27.9 Å². The summed E-state index contributed by atoms with van der Waals surface area (Å²) in [6.45, 7) is 1.87. The number of nitroso groups, excluding NO2 is 1. The minimum absolute atomic E-state index is 0.425. The van der Waals surface area contributed by atoms with Crippen LogP contribution in [0.3, 0.4) is 0 Å². The van der Waals surface area contributed by atoms with Gasteiger partial charge in [-0.1, -0.05) is 65.8 Å². The fourth-order valence-electron chi connectivity index (χ4n) is 3.96. The van der Waals surface area contributed by atoms with Gasteiger partial charge in [0.1, 0.15) is 16.9 Å². The third-order valence-corrected chi connectivity index (χ3v) is 5.33. The SMILES string of the molecule is Cc1cc(=O)oc2c1ccc1oc(C(N=O)c3ccccc3)c(-c3ccccc3)c12. The Morgan fingerprint density at radius 2 is 1.57 bits per heavy atom. The molecule has 2 heterocycles. The van der Waals surface area contributed by atoms with Crippen LogP contribution in [0.15, 0.2) is 97.7 Å². The Hall–Kier alpha value is -3.99. The van der Waals surface area contributed by atoms with Crippen molar-refractivity contribution in [1.82, 2.24) is 0 Å². The summed E-state index contributed by atoms with van der Waals surface area (Å²) < 4.78 is 11.8. The molecule has 146 valence electrons. The van der Waals surface area contributed by atoms with Gasteiger partial charge in [0.05, 0.1) is 5.39 Å². The molecule has 5 nitrogen and oxygen atoms in total. The zero-order valence-electron chi connectivity index (χ0n) is 16.2. The van der Waals surface area contributed by atoms with Gasteiger partial charge >= 0.3 is 5.63 Å². The molecule has 1 unspecified atom stereocenters. The molecule has 5 rings (SSSR count). The van der Waals surface area contributed by atoms with E-state index in [4.69, 9.17) is 8.83 Å². The van der Waals surface area contributed by atoms with E-state index in [2.05, 4.69) is 5.18 Å². The van der Waals surface area contributed by atoms with E-state index in [1.807, 2.05) is 79.7 Å². The second-order valence-electron chi connectivity index (χ2n) is 7.19. The summed E-state index contributed by atoms with van der Waals surface area (Å²) in [6, 6.07) is 23.2. The van der Waals surface area contributed by atoms with Crippen molar-refractivity contribution >= 4 is 21.9 Å². The summed E-state index contributed by atoms with van der Waals surface area (Å²) in [5, 5.41) is 4.88. The Balaban J connectivity index is 1.93. The van der Waals surface area contributed by atoms with Crippen LogP contribution in [0.2, 0.25) is 0 Å². The molecule has 0 aliphatic heterocycles. The molecule has 0 saturated carbocycles. The van der Waals surface area contributed by atoms with Crippen LogP contribution >= 0.6 is 0 Å². The molecule has 0 aliphatic rings. The highest BCUT2D eigenvalue weighted by molar-refractivity contribution is 6.11. The number of benzene rings is 3. The first-order valence-corrected chi connectivity index (χ1v) is 9.60. The van der Waals surface area contributed by atoms with Crippen LogP contribution in [0.25, 0.3) is 33.1 Å². The molecule has 0 bridgehead atoms. The maximum absolute atomic E-state index is 12.1.